The number of rotatable bonds is 4. The molecule has 0 unspecified atom stereocenters. The average Bonchev–Trinajstić information content (AvgIpc) is 3.41. The molecule has 0 bridgehead atoms. The van der Waals surface area contributed by atoms with Gasteiger partial charge in [0.25, 0.3) is 0 Å². The summed E-state index contributed by atoms with van der Waals surface area (Å²) < 4.78 is 5.69. The number of benzene rings is 2. The molecule has 0 aliphatic carbocycles. The van der Waals surface area contributed by atoms with Crippen LogP contribution in [0.3, 0.4) is 0 Å². The van der Waals surface area contributed by atoms with Gasteiger partial charge in [-0.05, 0) is 56.0 Å². The Kier molecular flexibility index (Phi) is 9.53. The van der Waals surface area contributed by atoms with E-state index in [4.69, 9.17) is 9.40 Å². The molecule has 41 heavy (non-hydrogen) atoms. The quantitative estimate of drug-likeness (QED) is 0.171. The minimum absolute atomic E-state index is 0. The van der Waals surface area contributed by atoms with E-state index in [2.05, 4.69) is 94.0 Å². The van der Waals surface area contributed by atoms with Crippen LogP contribution < -0.4 is 0 Å². The van der Waals surface area contributed by atoms with Crippen molar-refractivity contribution in [3.8, 4) is 22.5 Å². The molecule has 0 saturated heterocycles. The van der Waals surface area contributed by atoms with E-state index in [-0.39, 0.29) is 20.1 Å². The Labute approximate surface area is 256 Å². The molecule has 1 radical (unpaired) electrons. The van der Waals surface area contributed by atoms with Gasteiger partial charge in [0.2, 0.25) is 0 Å². The van der Waals surface area contributed by atoms with Gasteiger partial charge in [-0.15, -0.1) is 41.0 Å². The first-order chi connectivity index (χ1) is 19.2. The van der Waals surface area contributed by atoms with Crippen molar-refractivity contribution in [2.45, 2.75) is 54.9 Å². The molecule has 4 nitrogen and oxygen atoms in total. The van der Waals surface area contributed by atoms with Gasteiger partial charge in [-0.25, -0.2) is 0 Å². The molecular weight excluding hydrogens is 683 g/mol. The van der Waals surface area contributed by atoms with Gasteiger partial charge in [-0.1, -0.05) is 79.9 Å². The number of hydrogen-bond donors (Lipinski definition) is 0. The van der Waals surface area contributed by atoms with Crippen molar-refractivity contribution in [3.63, 3.8) is 0 Å². The molecule has 0 aliphatic rings. The number of furan rings is 1. The van der Waals surface area contributed by atoms with E-state index in [0.717, 1.165) is 62.1 Å². The molecule has 0 spiro atoms. The van der Waals surface area contributed by atoms with Gasteiger partial charge in [-0.3, -0.25) is 9.97 Å². The molecule has 4 aromatic heterocycles. The predicted molar refractivity (Wildman–Crippen MR) is 164 cm³/mol. The van der Waals surface area contributed by atoms with Crippen LogP contribution in [0.2, 0.25) is 0 Å². The summed E-state index contributed by atoms with van der Waals surface area (Å²) in [4.78, 5) is 13.9. The van der Waals surface area contributed by atoms with Crippen molar-refractivity contribution in [2.75, 3.05) is 0 Å². The smallest absolute Gasteiger partial charge is 0.0847 e. The molecule has 0 atom stereocenters. The molecule has 2 aromatic carbocycles. The second-order valence-electron chi connectivity index (χ2n) is 11.0. The fourth-order valence-electron chi connectivity index (χ4n) is 4.61. The summed E-state index contributed by atoms with van der Waals surface area (Å²) in [7, 11) is 0. The largest absolute Gasteiger partial charge is 0.506 e. The van der Waals surface area contributed by atoms with E-state index in [1.165, 1.54) is 22.3 Å². The van der Waals surface area contributed by atoms with Crippen LogP contribution in [0.4, 0.5) is 0 Å². The third kappa shape index (κ3) is 6.81. The Balaban J connectivity index is 0.000000200. The minimum Gasteiger partial charge on any atom is -0.506 e. The number of aromatic nitrogens is 3. The summed E-state index contributed by atoms with van der Waals surface area (Å²) in [5.74, 6) is 0.565. The van der Waals surface area contributed by atoms with Crippen LogP contribution >= 0.6 is 0 Å². The maximum Gasteiger partial charge on any atom is 0.0847 e. The zero-order valence-corrected chi connectivity index (χ0v) is 27.1. The summed E-state index contributed by atoms with van der Waals surface area (Å²) in [5.41, 5.74) is 12.9. The van der Waals surface area contributed by atoms with E-state index in [1.807, 2.05) is 37.5 Å². The van der Waals surface area contributed by atoms with Gasteiger partial charge in [0.05, 0.1) is 5.58 Å². The molecule has 6 aromatic rings. The second kappa shape index (κ2) is 12.9. The summed E-state index contributed by atoms with van der Waals surface area (Å²) in [6, 6.07) is 23.3. The topological polar surface area (TPSA) is 51.8 Å². The maximum atomic E-state index is 5.69. The van der Waals surface area contributed by atoms with Crippen molar-refractivity contribution in [3.05, 3.63) is 113 Å². The third-order valence-electron chi connectivity index (χ3n) is 7.22. The van der Waals surface area contributed by atoms with Gasteiger partial charge in [0, 0.05) is 55.7 Å². The summed E-state index contributed by atoms with van der Waals surface area (Å²) in [6.45, 7) is 14.9. The molecule has 0 aliphatic heterocycles. The Morgan fingerprint density at radius 1 is 0.805 bits per heavy atom. The predicted octanol–water partition coefficient (Wildman–Crippen LogP) is 9.13. The van der Waals surface area contributed by atoms with Crippen molar-refractivity contribution in [1.82, 2.24) is 15.0 Å². The fourth-order valence-corrected chi connectivity index (χ4v) is 4.61. The standard InChI is InChI=1S/C21H19N2O.C15H16N.Ir/c1-13(2)10-16-5-6-17-18(19-7-4-14(3)12-22-19)11-15-8-9-24-21(15)20(17)23-16;1-10-5-6-14(7-11(10)2)15-8-12(3)13(4)9-16-15;/h4-9,12-13H,10H2,1-3H3;5,7-9H,1-4H3;/q2*-1;. The summed E-state index contributed by atoms with van der Waals surface area (Å²) >= 11 is 0. The number of pyridine rings is 3. The van der Waals surface area contributed by atoms with Crippen LogP contribution in [-0.4, -0.2) is 15.0 Å². The fraction of sp³-hybridized carbons (Fsp3) is 0.250. The van der Waals surface area contributed by atoms with Crippen LogP contribution in [0.5, 0.6) is 0 Å². The van der Waals surface area contributed by atoms with Crippen molar-refractivity contribution in [1.29, 1.82) is 0 Å². The molecular formula is C36H35IrN3O-2. The van der Waals surface area contributed by atoms with Crippen molar-refractivity contribution >= 4 is 21.9 Å². The van der Waals surface area contributed by atoms with Crippen LogP contribution in [0.25, 0.3) is 44.4 Å². The Morgan fingerprint density at radius 2 is 1.56 bits per heavy atom. The minimum atomic E-state index is 0. The molecule has 0 amide bonds. The number of nitrogens with zero attached hydrogens (tertiary/aromatic N) is 3. The van der Waals surface area contributed by atoms with Crippen LogP contribution in [0, 0.1) is 52.7 Å². The summed E-state index contributed by atoms with van der Waals surface area (Å²) in [5, 5.41) is 1.97. The van der Waals surface area contributed by atoms with Gasteiger partial charge in [-0.2, -0.15) is 0 Å². The molecule has 0 fully saturated rings. The first-order valence-electron chi connectivity index (χ1n) is 13.8. The second-order valence-corrected chi connectivity index (χ2v) is 11.0. The van der Waals surface area contributed by atoms with Crippen LogP contribution in [0.15, 0.2) is 71.6 Å². The van der Waals surface area contributed by atoms with E-state index >= 15 is 0 Å². The maximum absolute atomic E-state index is 5.69. The van der Waals surface area contributed by atoms with E-state index in [9.17, 15) is 0 Å². The molecule has 211 valence electrons. The van der Waals surface area contributed by atoms with E-state index in [1.54, 1.807) is 6.26 Å². The van der Waals surface area contributed by atoms with Crippen LogP contribution in [-0.2, 0) is 26.5 Å². The molecule has 6 rings (SSSR count). The SMILES string of the molecule is Cc1c[c-]c(-c2cc(C)c(C)cn2)cc1C.Cc1ccc(-c2[c-]c3ccoc3c3nc(CC(C)C)ccc23)nc1.[Ir]. The first-order valence-corrected chi connectivity index (χ1v) is 13.8. The van der Waals surface area contributed by atoms with Gasteiger partial charge in [0.15, 0.2) is 0 Å². The zero-order chi connectivity index (χ0) is 28.4. The van der Waals surface area contributed by atoms with Crippen molar-refractivity contribution in [2.24, 2.45) is 5.92 Å². The normalized spacial score (nSPS) is 10.9. The molecule has 5 heteroatoms. The van der Waals surface area contributed by atoms with Gasteiger partial charge < -0.3 is 9.40 Å². The Morgan fingerprint density at radius 3 is 2.24 bits per heavy atom. The number of aryl methyl sites for hydroxylation is 5. The Bertz CT molecular complexity index is 1750. The van der Waals surface area contributed by atoms with E-state index in [0.29, 0.717) is 5.92 Å². The Hall–Kier alpha value is -3.66. The number of hydrogen-bond acceptors (Lipinski definition) is 4. The summed E-state index contributed by atoms with van der Waals surface area (Å²) in [6.07, 6.45) is 6.46. The van der Waals surface area contributed by atoms with Gasteiger partial charge >= 0.3 is 0 Å². The average molecular weight is 718 g/mol. The number of fused-ring (bicyclic) bond motifs is 3. The third-order valence-corrected chi connectivity index (χ3v) is 7.22. The monoisotopic (exact) mass is 718 g/mol. The van der Waals surface area contributed by atoms with Gasteiger partial charge in [0.1, 0.15) is 0 Å². The zero-order valence-electron chi connectivity index (χ0n) is 24.7. The van der Waals surface area contributed by atoms with Crippen molar-refractivity contribution < 1.29 is 24.5 Å². The molecule has 0 saturated carbocycles. The molecule has 0 N–H and O–H groups in total. The molecule has 4 heterocycles. The van der Waals surface area contributed by atoms with E-state index < -0.39 is 0 Å². The first kappa shape index (κ1) is 30.3. The van der Waals surface area contributed by atoms with Crippen LogP contribution in [0.1, 0.15) is 47.4 Å².